The normalized spacial score (nSPS) is 13.7. The number of aromatic hydroxyl groups is 1. The SMILES string of the molecule is CC(O)(Cc1cn(-c2ccccc2O)nn1)c1ccc(Cl)cc1Cl. The number of hydrogen-bond donors (Lipinski definition) is 2. The summed E-state index contributed by atoms with van der Waals surface area (Å²) in [6.45, 7) is 1.65. The number of aromatic nitrogens is 3. The number of nitrogens with zero attached hydrogens (tertiary/aromatic N) is 3. The molecule has 3 rings (SSSR count). The van der Waals surface area contributed by atoms with Gasteiger partial charge in [0.25, 0.3) is 0 Å². The highest BCUT2D eigenvalue weighted by atomic mass is 35.5. The summed E-state index contributed by atoms with van der Waals surface area (Å²) in [6.07, 6.45) is 1.87. The minimum absolute atomic E-state index is 0.0986. The fourth-order valence-corrected chi connectivity index (χ4v) is 3.14. The van der Waals surface area contributed by atoms with Gasteiger partial charge in [0.2, 0.25) is 0 Å². The number of rotatable bonds is 4. The van der Waals surface area contributed by atoms with Crippen molar-refractivity contribution in [3.63, 3.8) is 0 Å². The van der Waals surface area contributed by atoms with Crippen molar-refractivity contribution >= 4 is 23.2 Å². The summed E-state index contributed by atoms with van der Waals surface area (Å²) in [4.78, 5) is 0. The Morgan fingerprint density at radius 2 is 1.92 bits per heavy atom. The van der Waals surface area contributed by atoms with Crippen LogP contribution in [0.15, 0.2) is 48.7 Å². The van der Waals surface area contributed by atoms with Crippen molar-refractivity contribution < 1.29 is 10.2 Å². The molecule has 0 aliphatic rings. The van der Waals surface area contributed by atoms with Gasteiger partial charge in [-0.05, 0) is 31.2 Å². The number of halogens is 2. The lowest BCUT2D eigenvalue weighted by Crippen LogP contribution is -2.25. The van der Waals surface area contributed by atoms with Gasteiger partial charge in [-0.15, -0.1) is 5.10 Å². The summed E-state index contributed by atoms with van der Waals surface area (Å²) in [6, 6.07) is 11.8. The predicted molar refractivity (Wildman–Crippen MR) is 92.8 cm³/mol. The number of benzene rings is 2. The van der Waals surface area contributed by atoms with Crippen LogP contribution in [0, 0.1) is 0 Å². The van der Waals surface area contributed by atoms with Crippen molar-refractivity contribution in [2.24, 2.45) is 0 Å². The molecule has 0 fully saturated rings. The van der Waals surface area contributed by atoms with Crippen LogP contribution in [-0.4, -0.2) is 25.2 Å². The molecule has 124 valence electrons. The average Bonchev–Trinajstić information content (AvgIpc) is 2.94. The van der Waals surface area contributed by atoms with E-state index in [-0.39, 0.29) is 12.2 Å². The van der Waals surface area contributed by atoms with Gasteiger partial charge in [-0.2, -0.15) is 0 Å². The Bertz CT molecular complexity index is 878. The van der Waals surface area contributed by atoms with Crippen LogP contribution >= 0.6 is 23.2 Å². The van der Waals surface area contributed by atoms with Gasteiger partial charge in [0.05, 0.1) is 17.5 Å². The Morgan fingerprint density at radius 1 is 1.17 bits per heavy atom. The first kappa shape index (κ1) is 16.8. The van der Waals surface area contributed by atoms with Crippen LogP contribution < -0.4 is 0 Å². The molecule has 0 saturated carbocycles. The molecule has 1 atom stereocenters. The molecule has 0 bridgehead atoms. The smallest absolute Gasteiger partial charge is 0.141 e. The molecule has 24 heavy (non-hydrogen) atoms. The maximum Gasteiger partial charge on any atom is 0.141 e. The molecule has 2 N–H and O–H groups in total. The van der Waals surface area contributed by atoms with Gasteiger partial charge in [0.15, 0.2) is 0 Å². The van der Waals surface area contributed by atoms with Crippen LogP contribution in [0.3, 0.4) is 0 Å². The standard InChI is InChI=1S/C17H15Cl2N3O2/c1-17(24,13-7-6-11(18)8-14(13)19)9-12-10-22(21-20-12)15-4-2-3-5-16(15)23/h2-8,10,23-24H,9H2,1H3. The molecule has 0 aliphatic carbocycles. The summed E-state index contributed by atoms with van der Waals surface area (Å²) >= 11 is 12.1. The van der Waals surface area contributed by atoms with E-state index >= 15 is 0 Å². The molecule has 1 unspecified atom stereocenters. The van der Waals surface area contributed by atoms with Crippen molar-refractivity contribution in [2.45, 2.75) is 18.9 Å². The van der Waals surface area contributed by atoms with Crippen LogP contribution in [0.4, 0.5) is 0 Å². The lowest BCUT2D eigenvalue weighted by Gasteiger charge is -2.24. The number of aliphatic hydroxyl groups is 1. The van der Waals surface area contributed by atoms with E-state index in [0.29, 0.717) is 27.0 Å². The second-order valence-electron chi connectivity index (χ2n) is 5.72. The molecule has 0 amide bonds. The second kappa shape index (κ2) is 6.43. The summed E-state index contributed by atoms with van der Waals surface area (Å²) in [5, 5.41) is 29.6. The Morgan fingerprint density at radius 3 is 2.62 bits per heavy atom. The Kier molecular flexibility index (Phi) is 4.49. The van der Waals surface area contributed by atoms with Crippen LogP contribution in [0.1, 0.15) is 18.2 Å². The summed E-state index contributed by atoms with van der Waals surface area (Å²) in [5.74, 6) is 0.0986. The molecule has 2 aromatic carbocycles. The predicted octanol–water partition coefficient (Wildman–Crippen LogP) is 3.73. The fourth-order valence-electron chi connectivity index (χ4n) is 2.53. The van der Waals surface area contributed by atoms with E-state index in [1.165, 1.54) is 4.68 Å². The maximum absolute atomic E-state index is 10.8. The van der Waals surface area contributed by atoms with Crippen LogP contribution in [0.25, 0.3) is 5.69 Å². The molecular weight excluding hydrogens is 349 g/mol. The van der Waals surface area contributed by atoms with Gasteiger partial charge in [0, 0.05) is 22.0 Å². The third-order valence-electron chi connectivity index (χ3n) is 3.71. The lowest BCUT2D eigenvalue weighted by molar-refractivity contribution is 0.0567. The molecule has 5 nitrogen and oxygen atoms in total. The zero-order valence-electron chi connectivity index (χ0n) is 12.8. The van der Waals surface area contributed by atoms with E-state index in [2.05, 4.69) is 10.3 Å². The highest BCUT2D eigenvalue weighted by Crippen LogP contribution is 2.32. The van der Waals surface area contributed by atoms with E-state index < -0.39 is 5.60 Å². The van der Waals surface area contributed by atoms with Gasteiger partial charge >= 0.3 is 0 Å². The van der Waals surface area contributed by atoms with Gasteiger partial charge in [-0.3, -0.25) is 0 Å². The van der Waals surface area contributed by atoms with Gasteiger partial charge in [-0.1, -0.05) is 46.6 Å². The van der Waals surface area contributed by atoms with E-state index in [0.717, 1.165) is 0 Å². The summed E-state index contributed by atoms with van der Waals surface area (Å²) in [5.41, 5.74) is 0.404. The third kappa shape index (κ3) is 3.38. The first-order chi connectivity index (χ1) is 11.4. The van der Waals surface area contributed by atoms with Gasteiger partial charge in [0.1, 0.15) is 11.4 Å². The van der Waals surface area contributed by atoms with Crippen molar-refractivity contribution in [2.75, 3.05) is 0 Å². The van der Waals surface area contributed by atoms with Crippen LogP contribution in [-0.2, 0) is 12.0 Å². The van der Waals surface area contributed by atoms with E-state index in [9.17, 15) is 10.2 Å². The Balaban J connectivity index is 1.87. The first-order valence-corrected chi connectivity index (χ1v) is 8.00. The highest BCUT2D eigenvalue weighted by molar-refractivity contribution is 6.35. The zero-order valence-corrected chi connectivity index (χ0v) is 14.3. The van der Waals surface area contributed by atoms with E-state index in [1.54, 1.807) is 55.6 Å². The summed E-state index contributed by atoms with van der Waals surface area (Å²) in [7, 11) is 0. The Hall–Kier alpha value is -2.08. The molecule has 0 spiro atoms. The minimum Gasteiger partial charge on any atom is -0.506 e. The topological polar surface area (TPSA) is 71.2 Å². The molecule has 0 radical (unpaired) electrons. The zero-order chi connectivity index (χ0) is 17.3. The van der Waals surface area contributed by atoms with Gasteiger partial charge < -0.3 is 10.2 Å². The molecule has 0 saturated heterocycles. The number of hydrogen-bond acceptors (Lipinski definition) is 4. The van der Waals surface area contributed by atoms with Crippen molar-refractivity contribution in [3.05, 3.63) is 70.0 Å². The molecular formula is C17H15Cl2N3O2. The molecule has 0 aliphatic heterocycles. The number of para-hydroxylation sites is 2. The fraction of sp³-hybridized carbons (Fsp3) is 0.176. The van der Waals surface area contributed by atoms with Crippen LogP contribution in [0.5, 0.6) is 5.75 Å². The summed E-state index contributed by atoms with van der Waals surface area (Å²) < 4.78 is 1.46. The number of phenolic OH excluding ortho intramolecular Hbond substituents is 1. The van der Waals surface area contributed by atoms with E-state index in [1.807, 2.05) is 0 Å². The van der Waals surface area contributed by atoms with Crippen LogP contribution in [0.2, 0.25) is 10.0 Å². The van der Waals surface area contributed by atoms with Gasteiger partial charge in [-0.25, -0.2) is 4.68 Å². The molecule has 3 aromatic rings. The molecule has 7 heteroatoms. The highest BCUT2D eigenvalue weighted by Gasteiger charge is 2.27. The third-order valence-corrected chi connectivity index (χ3v) is 4.25. The van der Waals surface area contributed by atoms with Crippen molar-refractivity contribution in [3.8, 4) is 11.4 Å². The molecule has 1 heterocycles. The number of phenols is 1. The maximum atomic E-state index is 10.8. The average molecular weight is 364 g/mol. The largest absolute Gasteiger partial charge is 0.506 e. The Labute approximate surface area is 149 Å². The monoisotopic (exact) mass is 363 g/mol. The second-order valence-corrected chi connectivity index (χ2v) is 6.56. The first-order valence-electron chi connectivity index (χ1n) is 7.24. The van der Waals surface area contributed by atoms with E-state index in [4.69, 9.17) is 23.2 Å². The lowest BCUT2D eigenvalue weighted by atomic mass is 9.91. The molecule has 1 aromatic heterocycles. The minimum atomic E-state index is -1.23. The quantitative estimate of drug-likeness (QED) is 0.740. The van der Waals surface area contributed by atoms with Crippen molar-refractivity contribution in [1.82, 2.24) is 15.0 Å². The van der Waals surface area contributed by atoms with Crippen molar-refractivity contribution in [1.29, 1.82) is 0 Å².